The quantitative estimate of drug-likeness (QED) is 0.103. The molecule has 13 rings (SSSR count). The molecule has 11 aromatic rings. The molecule has 11 aromatic carbocycles. The second-order valence-electron chi connectivity index (χ2n) is 15.0. The highest BCUT2D eigenvalue weighted by molar-refractivity contribution is 6.45. The summed E-state index contributed by atoms with van der Waals surface area (Å²) in [7, 11) is 1.57. The second kappa shape index (κ2) is 9.65. The van der Waals surface area contributed by atoms with Crippen molar-refractivity contribution in [2.24, 2.45) is 0 Å². The number of fused-ring (bicyclic) bond motifs is 7. The summed E-state index contributed by atoms with van der Waals surface area (Å²) in [6, 6.07) is 52.7. The minimum absolute atomic E-state index is 0.248. The topological polar surface area (TPSA) is 37.4 Å². The summed E-state index contributed by atoms with van der Waals surface area (Å²) in [6.07, 6.45) is 0. The molecule has 1 heterocycles. The Hall–Kier alpha value is -7.10. The average molecular weight is 686 g/mol. The molecule has 3 heteroatoms. The Kier molecular flexibility index (Phi) is 5.09. The van der Waals surface area contributed by atoms with E-state index in [0.29, 0.717) is 11.1 Å². The molecule has 1 aliphatic carbocycles. The number of carbonyl (C=O) groups is 2. The lowest BCUT2D eigenvalue weighted by molar-refractivity contribution is 0.0650. The first-order valence-corrected chi connectivity index (χ1v) is 18.5. The van der Waals surface area contributed by atoms with Crippen LogP contribution in [0.2, 0.25) is 0 Å². The van der Waals surface area contributed by atoms with Gasteiger partial charge in [0.1, 0.15) is 0 Å². The highest BCUT2D eigenvalue weighted by Crippen LogP contribution is 2.58. The molecule has 2 aliphatic rings. The molecule has 0 atom stereocenters. The van der Waals surface area contributed by atoms with Crippen LogP contribution in [-0.4, -0.2) is 23.8 Å². The van der Waals surface area contributed by atoms with Crippen molar-refractivity contribution < 1.29 is 9.59 Å². The van der Waals surface area contributed by atoms with Gasteiger partial charge in [-0.15, -0.1) is 0 Å². The van der Waals surface area contributed by atoms with E-state index in [4.69, 9.17) is 0 Å². The third-order valence-electron chi connectivity index (χ3n) is 12.6. The second-order valence-corrected chi connectivity index (χ2v) is 15.0. The van der Waals surface area contributed by atoms with Crippen LogP contribution in [-0.2, 0) is 0 Å². The van der Waals surface area contributed by atoms with Gasteiger partial charge in [-0.05, 0) is 127 Å². The molecule has 3 nitrogen and oxygen atoms in total. The minimum Gasteiger partial charge on any atom is -0.277 e. The summed E-state index contributed by atoms with van der Waals surface area (Å²) in [5, 5.41) is 16.3. The zero-order chi connectivity index (χ0) is 35.6. The Bertz CT molecular complexity index is 3310. The number of benzene rings is 11. The van der Waals surface area contributed by atoms with E-state index in [1.807, 2.05) is 12.1 Å². The summed E-state index contributed by atoms with van der Waals surface area (Å²) in [4.78, 5) is 27.9. The van der Waals surface area contributed by atoms with Crippen LogP contribution in [0, 0.1) is 0 Å². The Morgan fingerprint density at radius 2 is 0.574 bits per heavy atom. The van der Waals surface area contributed by atoms with Crippen LogP contribution in [0.4, 0.5) is 0 Å². The van der Waals surface area contributed by atoms with Crippen molar-refractivity contribution in [2.75, 3.05) is 7.05 Å². The van der Waals surface area contributed by atoms with Crippen LogP contribution in [0.25, 0.3) is 120 Å². The van der Waals surface area contributed by atoms with Crippen molar-refractivity contribution in [1.29, 1.82) is 0 Å². The van der Waals surface area contributed by atoms with Crippen LogP contribution in [0.3, 0.4) is 0 Å². The first kappa shape index (κ1) is 28.5. The van der Waals surface area contributed by atoms with E-state index in [1.54, 1.807) is 7.05 Å². The van der Waals surface area contributed by atoms with Gasteiger partial charge in [0.05, 0.1) is 0 Å². The zero-order valence-corrected chi connectivity index (χ0v) is 29.1. The molecule has 0 saturated carbocycles. The number of imide groups is 1. The maximum absolute atomic E-state index is 13.3. The molecule has 0 N–H and O–H groups in total. The lowest BCUT2D eigenvalue weighted by atomic mass is 9.81. The van der Waals surface area contributed by atoms with Gasteiger partial charge in [0.15, 0.2) is 0 Å². The Morgan fingerprint density at radius 1 is 0.296 bits per heavy atom. The van der Waals surface area contributed by atoms with Gasteiger partial charge in [-0.25, -0.2) is 0 Å². The largest absolute Gasteiger partial charge is 0.277 e. The number of amides is 2. The first-order valence-electron chi connectivity index (χ1n) is 18.5. The molecule has 0 spiro atoms. The van der Waals surface area contributed by atoms with E-state index in [-0.39, 0.29) is 11.8 Å². The highest BCUT2D eigenvalue weighted by atomic mass is 16.2. The van der Waals surface area contributed by atoms with Crippen molar-refractivity contribution in [3.05, 3.63) is 157 Å². The summed E-state index contributed by atoms with van der Waals surface area (Å²) >= 11 is 0. The van der Waals surface area contributed by atoms with Gasteiger partial charge in [-0.2, -0.15) is 0 Å². The van der Waals surface area contributed by atoms with Crippen molar-refractivity contribution in [3.8, 4) is 44.5 Å². The number of hydrogen-bond donors (Lipinski definition) is 0. The Morgan fingerprint density at radius 3 is 0.944 bits per heavy atom. The van der Waals surface area contributed by atoms with Gasteiger partial charge in [0.25, 0.3) is 11.8 Å². The summed E-state index contributed by atoms with van der Waals surface area (Å²) < 4.78 is 0. The molecule has 248 valence electrons. The Balaban J connectivity index is 1.16. The molecule has 0 fully saturated rings. The van der Waals surface area contributed by atoms with Crippen molar-refractivity contribution in [2.45, 2.75) is 0 Å². The fourth-order valence-electron chi connectivity index (χ4n) is 10.4. The van der Waals surface area contributed by atoms with E-state index in [1.165, 1.54) is 92.5 Å². The summed E-state index contributed by atoms with van der Waals surface area (Å²) in [6.45, 7) is 0. The predicted molar refractivity (Wildman–Crippen MR) is 223 cm³/mol. The number of rotatable bonds is 2. The Labute approximate surface area is 308 Å². The van der Waals surface area contributed by atoms with E-state index >= 15 is 0 Å². The van der Waals surface area contributed by atoms with Crippen LogP contribution >= 0.6 is 0 Å². The SMILES string of the molecule is CN1C(=O)c2ccc3c4ccc5c6ccc7c8c(ccc(c9ccc(c%10ccc(c2c3%10)C1=O)c4c59)c86)-c1c(-c2ccccc2)ccc(-c2ccccc2)c1-7. The third-order valence-corrected chi connectivity index (χ3v) is 12.6. The highest BCUT2D eigenvalue weighted by Gasteiger charge is 2.33. The van der Waals surface area contributed by atoms with Crippen molar-refractivity contribution in [3.63, 3.8) is 0 Å². The molecule has 0 unspecified atom stereocenters. The molecule has 1 aliphatic heterocycles. The van der Waals surface area contributed by atoms with Crippen LogP contribution in [0.5, 0.6) is 0 Å². The van der Waals surface area contributed by atoms with Crippen LogP contribution in [0.15, 0.2) is 146 Å². The molecule has 0 saturated heterocycles. The maximum atomic E-state index is 13.3. The van der Waals surface area contributed by atoms with Gasteiger partial charge >= 0.3 is 0 Å². The molecular weight excluding hydrogens is 659 g/mol. The van der Waals surface area contributed by atoms with Crippen molar-refractivity contribution in [1.82, 2.24) is 4.90 Å². The maximum Gasteiger partial charge on any atom is 0.261 e. The van der Waals surface area contributed by atoms with E-state index in [0.717, 1.165) is 32.3 Å². The first-order chi connectivity index (χ1) is 26.6. The zero-order valence-electron chi connectivity index (χ0n) is 29.1. The monoisotopic (exact) mass is 685 g/mol. The van der Waals surface area contributed by atoms with Gasteiger partial charge < -0.3 is 0 Å². The number of hydrogen-bond acceptors (Lipinski definition) is 2. The molecular formula is C51H27NO2. The molecule has 0 bridgehead atoms. The molecule has 2 amide bonds. The van der Waals surface area contributed by atoms with Crippen LogP contribution < -0.4 is 0 Å². The lowest BCUT2D eigenvalue weighted by Crippen LogP contribution is -2.36. The molecule has 0 aromatic heterocycles. The van der Waals surface area contributed by atoms with Gasteiger partial charge in [0, 0.05) is 23.6 Å². The lowest BCUT2D eigenvalue weighted by Gasteiger charge is -2.26. The minimum atomic E-state index is -0.248. The van der Waals surface area contributed by atoms with Crippen LogP contribution in [0.1, 0.15) is 20.7 Å². The van der Waals surface area contributed by atoms with E-state index < -0.39 is 0 Å². The fraction of sp³-hybridized carbons (Fsp3) is 0.0196. The summed E-state index contributed by atoms with van der Waals surface area (Å²) in [5.41, 5.74) is 11.3. The summed E-state index contributed by atoms with van der Waals surface area (Å²) in [5.74, 6) is -0.496. The molecule has 0 radical (unpaired) electrons. The number of nitrogens with zero attached hydrogens (tertiary/aromatic N) is 1. The predicted octanol–water partition coefficient (Wildman–Crippen LogP) is 12.8. The third kappa shape index (κ3) is 3.22. The van der Waals surface area contributed by atoms with E-state index in [9.17, 15) is 9.59 Å². The standard InChI is InChI=1S/C51H27NO2/c1-52-50(53)40-24-20-36-32-16-14-30-34-18-22-38-42-28(26-8-4-2-5-9-26)12-13-29(27-10-6-3-7-11-27)43(42)39-23-19-35(46(34)48(38)39)31-15-17-33(45(32)44(30)31)37-21-25-41(51(52)54)49(40)47(36)37/h2-25H,1H3. The smallest absolute Gasteiger partial charge is 0.261 e. The van der Waals surface area contributed by atoms with Crippen molar-refractivity contribution >= 4 is 87.2 Å². The van der Waals surface area contributed by atoms with Gasteiger partial charge in [-0.3, -0.25) is 14.5 Å². The number of carbonyl (C=O) groups excluding carboxylic acids is 2. The van der Waals surface area contributed by atoms with Gasteiger partial charge in [-0.1, -0.05) is 133 Å². The fourth-order valence-corrected chi connectivity index (χ4v) is 10.4. The molecule has 54 heavy (non-hydrogen) atoms. The van der Waals surface area contributed by atoms with Gasteiger partial charge in [0.2, 0.25) is 0 Å². The van der Waals surface area contributed by atoms with E-state index in [2.05, 4.69) is 133 Å². The normalized spacial score (nSPS) is 13.7. The average Bonchev–Trinajstić information content (AvgIpc) is 3.57.